The Morgan fingerprint density at radius 1 is 1.33 bits per heavy atom. The molecule has 1 rings (SSSR count). The maximum Gasteiger partial charge on any atom is 0.344 e. The fraction of sp³-hybridized carbons (Fsp3) is 0.333. The molecule has 1 aromatic carbocycles. The van der Waals surface area contributed by atoms with Gasteiger partial charge >= 0.3 is 11.9 Å². The number of hydrogen-bond acceptors (Lipinski definition) is 2. The van der Waals surface area contributed by atoms with Crippen molar-refractivity contribution in [1.82, 2.24) is 4.90 Å². The summed E-state index contributed by atoms with van der Waals surface area (Å²) < 4.78 is 1.86. The highest BCUT2D eigenvalue weighted by Crippen LogP contribution is 2.10. The van der Waals surface area contributed by atoms with Gasteiger partial charge in [0.25, 0.3) is 0 Å². The van der Waals surface area contributed by atoms with Gasteiger partial charge in [-0.25, -0.2) is 4.79 Å². The van der Waals surface area contributed by atoms with Crippen molar-refractivity contribution in [2.75, 3.05) is 28.2 Å². The summed E-state index contributed by atoms with van der Waals surface area (Å²) in [5.41, 5.74) is 5.35. The third-order valence-electron chi connectivity index (χ3n) is 2.03. The highest BCUT2D eigenvalue weighted by molar-refractivity contribution is 5.90. The van der Waals surface area contributed by atoms with E-state index in [9.17, 15) is 9.90 Å². The lowest BCUT2D eigenvalue weighted by Crippen LogP contribution is -2.36. The number of hydrogen-bond donors (Lipinski definition) is 2. The first-order valence-corrected chi connectivity index (χ1v) is 5.23. The number of carboxylic acids is 1. The van der Waals surface area contributed by atoms with E-state index in [0.717, 1.165) is 5.96 Å². The second-order valence-corrected chi connectivity index (χ2v) is 3.95. The smallest absolute Gasteiger partial charge is 0.344 e. The van der Waals surface area contributed by atoms with Gasteiger partial charge in [-0.1, -0.05) is 23.9 Å². The Kier molecular flexibility index (Phi) is 6.27. The maximum absolute atomic E-state index is 10.7. The summed E-state index contributed by atoms with van der Waals surface area (Å²) >= 11 is 0. The molecule has 0 heterocycles. The summed E-state index contributed by atoms with van der Waals surface area (Å²) in [6, 6.07) is 5.54. The minimum Gasteiger partial charge on any atom is -0.872 e. The first-order valence-electron chi connectivity index (χ1n) is 5.23. The molecule has 0 saturated heterocycles. The summed E-state index contributed by atoms with van der Waals surface area (Å²) in [7, 11) is 7.65. The molecule has 0 saturated carbocycles. The summed E-state index contributed by atoms with van der Waals surface area (Å²) in [6.07, 6.45) is 0. The van der Waals surface area contributed by atoms with E-state index < -0.39 is 11.7 Å². The van der Waals surface area contributed by atoms with E-state index in [4.69, 9.17) is 10.8 Å². The summed E-state index contributed by atoms with van der Waals surface area (Å²) in [5.74, 6) is -0.856. The van der Waals surface area contributed by atoms with Crippen LogP contribution in [-0.4, -0.2) is 54.7 Å². The van der Waals surface area contributed by atoms with Crippen LogP contribution in [0.3, 0.4) is 0 Å². The van der Waals surface area contributed by atoms with Crippen molar-refractivity contribution >= 4 is 11.9 Å². The second kappa shape index (κ2) is 7.16. The molecule has 0 radical (unpaired) electrons. The van der Waals surface area contributed by atoms with Crippen LogP contribution in [-0.2, 0) is 0 Å². The number of rotatable bonds is 1. The Labute approximate surface area is 107 Å². The van der Waals surface area contributed by atoms with E-state index in [1.807, 2.05) is 37.7 Å². The van der Waals surface area contributed by atoms with E-state index in [-0.39, 0.29) is 5.56 Å². The van der Waals surface area contributed by atoms with Crippen molar-refractivity contribution < 1.29 is 19.6 Å². The normalized spacial score (nSPS) is 8.89. The van der Waals surface area contributed by atoms with E-state index in [1.165, 1.54) is 24.3 Å². The predicted molar refractivity (Wildman–Crippen MR) is 67.8 cm³/mol. The number of benzene rings is 1. The largest absolute Gasteiger partial charge is 0.872 e. The SMILES string of the molecule is CN(C)C(N)=[N+](C)C.O=C(O)c1ccccc1[O-]. The van der Waals surface area contributed by atoms with Crippen LogP contribution in [0.25, 0.3) is 0 Å². The Bertz CT molecular complexity index is 438. The molecule has 18 heavy (non-hydrogen) atoms. The molecule has 3 N–H and O–H groups in total. The molecule has 0 amide bonds. The number of carboxylic acid groups (broad SMARTS) is 1. The molecule has 0 spiro atoms. The third kappa shape index (κ3) is 5.20. The number of para-hydroxylation sites is 1. The molecule has 6 heteroatoms. The summed E-state index contributed by atoms with van der Waals surface area (Å²) in [4.78, 5) is 12.1. The minimum atomic E-state index is -1.18. The number of aromatic carboxylic acids is 1. The summed E-state index contributed by atoms with van der Waals surface area (Å²) in [6.45, 7) is 0. The van der Waals surface area contributed by atoms with Crippen LogP contribution in [0.1, 0.15) is 10.4 Å². The van der Waals surface area contributed by atoms with Crippen molar-refractivity contribution in [3.8, 4) is 5.75 Å². The van der Waals surface area contributed by atoms with Crippen LogP contribution in [0.2, 0.25) is 0 Å². The molecule has 6 nitrogen and oxygen atoms in total. The maximum atomic E-state index is 10.7. The lowest BCUT2D eigenvalue weighted by molar-refractivity contribution is -0.470. The Morgan fingerprint density at radius 2 is 1.83 bits per heavy atom. The minimum absolute atomic E-state index is 0.178. The molecule has 0 unspecified atom stereocenters. The van der Waals surface area contributed by atoms with Gasteiger partial charge in [0, 0.05) is 0 Å². The molecular weight excluding hydrogens is 234 g/mol. The molecule has 1 aromatic rings. The van der Waals surface area contributed by atoms with Crippen molar-refractivity contribution in [2.24, 2.45) is 5.73 Å². The van der Waals surface area contributed by atoms with Gasteiger partial charge in [-0.05, 0) is 6.07 Å². The molecule has 0 aliphatic rings. The third-order valence-corrected chi connectivity index (χ3v) is 2.03. The number of carbonyl (C=O) groups is 1. The van der Waals surface area contributed by atoms with Crippen LogP contribution in [0, 0.1) is 0 Å². The van der Waals surface area contributed by atoms with Crippen molar-refractivity contribution in [3.63, 3.8) is 0 Å². The van der Waals surface area contributed by atoms with Gasteiger partial charge < -0.3 is 10.2 Å². The van der Waals surface area contributed by atoms with Crippen LogP contribution >= 0.6 is 0 Å². The van der Waals surface area contributed by atoms with Crippen molar-refractivity contribution in [3.05, 3.63) is 29.8 Å². The number of guanidine groups is 1. The van der Waals surface area contributed by atoms with E-state index in [2.05, 4.69) is 0 Å². The second-order valence-electron chi connectivity index (χ2n) is 3.95. The van der Waals surface area contributed by atoms with Crippen molar-refractivity contribution in [1.29, 1.82) is 0 Å². The first-order chi connectivity index (χ1) is 8.27. The van der Waals surface area contributed by atoms with E-state index in [1.54, 1.807) is 0 Å². The van der Waals surface area contributed by atoms with Gasteiger partial charge in [-0.3, -0.25) is 15.2 Å². The average Bonchev–Trinajstić information content (AvgIpc) is 2.28. The van der Waals surface area contributed by atoms with Gasteiger partial charge in [0.1, 0.15) is 0 Å². The van der Waals surface area contributed by atoms with Crippen LogP contribution < -0.4 is 10.8 Å². The summed E-state index contributed by atoms with van der Waals surface area (Å²) in [5, 5.41) is 19.0. The highest BCUT2D eigenvalue weighted by atomic mass is 16.4. The highest BCUT2D eigenvalue weighted by Gasteiger charge is 2.00. The van der Waals surface area contributed by atoms with Crippen LogP contribution in [0.4, 0.5) is 0 Å². The van der Waals surface area contributed by atoms with Gasteiger partial charge in [-0.2, -0.15) is 0 Å². The van der Waals surface area contributed by atoms with Gasteiger partial charge in [0.2, 0.25) is 0 Å². The molecular formula is C12H19N3O3. The zero-order valence-corrected chi connectivity index (χ0v) is 11.0. The fourth-order valence-corrected chi connectivity index (χ4v) is 1.04. The topological polar surface area (TPSA) is 92.6 Å². The molecule has 100 valence electrons. The Hall–Kier alpha value is -2.24. The zero-order chi connectivity index (χ0) is 14.3. The average molecular weight is 253 g/mol. The van der Waals surface area contributed by atoms with E-state index in [0.29, 0.717) is 0 Å². The fourth-order valence-electron chi connectivity index (χ4n) is 1.04. The number of nitrogens with two attached hydrogens (primary N) is 1. The van der Waals surface area contributed by atoms with Crippen LogP contribution in [0.15, 0.2) is 24.3 Å². The molecule has 0 aliphatic carbocycles. The van der Waals surface area contributed by atoms with Gasteiger partial charge in [0.05, 0.1) is 33.8 Å². The molecule has 0 fully saturated rings. The first kappa shape index (κ1) is 15.8. The van der Waals surface area contributed by atoms with Crippen LogP contribution in [0.5, 0.6) is 5.75 Å². The van der Waals surface area contributed by atoms with Crippen molar-refractivity contribution in [2.45, 2.75) is 0 Å². The van der Waals surface area contributed by atoms with E-state index >= 15 is 0 Å². The molecule has 0 bridgehead atoms. The lowest BCUT2D eigenvalue weighted by atomic mass is 10.2. The zero-order valence-electron chi connectivity index (χ0n) is 11.0. The Balaban J connectivity index is 0.000000331. The number of nitrogens with zero attached hydrogens (tertiary/aromatic N) is 2. The van der Waals surface area contributed by atoms with Gasteiger partial charge in [-0.15, -0.1) is 0 Å². The predicted octanol–water partition coefficient (Wildman–Crippen LogP) is -0.407. The Morgan fingerprint density at radius 3 is 2.06 bits per heavy atom. The standard InChI is InChI=1S/C7H6O3.C5H13N3/c8-6-4-2-1-3-5(6)7(9)10;1-7(2)5(6)8(3)4/h1-4,8H,(H,9,10);6H,1-4H3. The molecule has 0 atom stereocenters. The molecule has 0 aliphatic heterocycles. The quantitative estimate of drug-likeness (QED) is 0.403. The lowest BCUT2D eigenvalue weighted by Gasteiger charge is -2.07. The molecule has 0 aromatic heterocycles. The monoisotopic (exact) mass is 253 g/mol. The van der Waals surface area contributed by atoms with Gasteiger partial charge in [0.15, 0.2) is 0 Å².